The summed E-state index contributed by atoms with van der Waals surface area (Å²) >= 11 is 0. The summed E-state index contributed by atoms with van der Waals surface area (Å²) in [5.74, 6) is 0. The van der Waals surface area contributed by atoms with Crippen molar-refractivity contribution < 1.29 is 0 Å². The van der Waals surface area contributed by atoms with Gasteiger partial charge < -0.3 is 11.1 Å². The van der Waals surface area contributed by atoms with E-state index >= 15 is 0 Å². The molecule has 0 radical (unpaired) electrons. The van der Waals surface area contributed by atoms with E-state index in [2.05, 4.69) is 44.3 Å². The van der Waals surface area contributed by atoms with Gasteiger partial charge in [0.25, 0.3) is 0 Å². The Balaban J connectivity index is 2.90. The first-order valence-corrected chi connectivity index (χ1v) is 5.70. The largest absolute Gasteiger partial charge is 0.329 e. The van der Waals surface area contributed by atoms with E-state index in [0.29, 0.717) is 12.6 Å². The van der Waals surface area contributed by atoms with E-state index in [1.807, 2.05) is 0 Å². The Bertz CT molecular complexity index is 287. The summed E-state index contributed by atoms with van der Waals surface area (Å²) in [4.78, 5) is 0. The Morgan fingerprint density at radius 2 is 1.87 bits per heavy atom. The fourth-order valence-corrected chi connectivity index (χ4v) is 2.00. The van der Waals surface area contributed by atoms with E-state index in [1.54, 1.807) is 0 Å². The second-order valence-corrected chi connectivity index (χ2v) is 4.05. The zero-order valence-electron chi connectivity index (χ0n) is 10.0. The quantitative estimate of drug-likeness (QED) is 0.776. The molecule has 0 aliphatic rings. The standard InChI is InChI=1S/C13H22N2/c1-4-8-15-12(9-14)13-10(2)6-5-7-11(13)3/h5-7,12,15H,4,8-9,14H2,1-3H3. The molecule has 0 aliphatic carbocycles. The predicted molar refractivity (Wildman–Crippen MR) is 66.0 cm³/mol. The van der Waals surface area contributed by atoms with Gasteiger partial charge in [-0.25, -0.2) is 0 Å². The van der Waals surface area contributed by atoms with Gasteiger partial charge in [-0.15, -0.1) is 0 Å². The summed E-state index contributed by atoms with van der Waals surface area (Å²) in [5, 5.41) is 3.49. The first-order chi connectivity index (χ1) is 7.20. The highest BCUT2D eigenvalue weighted by molar-refractivity contribution is 5.36. The van der Waals surface area contributed by atoms with Crippen molar-refractivity contribution in [1.29, 1.82) is 0 Å². The number of aryl methyl sites for hydroxylation is 2. The molecule has 0 saturated heterocycles. The molecule has 1 aromatic rings. The van der Waals surface area contributed by atoms with Crippen LogP contribution in [0.2, 0.25) is 0 Å². The van der Waals surface area contributed by atoms with Gasteiger partial charge >= 0.3 is 0 Å². The summed E-state index contributed by atoms with van der Waals surface area (Å²) in [7, 11) is 0. The van der Waals surface area contributed by atoms with Crippen LogP contribution in [0.15, 0.2) is 18.2 Å². The van der Waals surface area contributed by atoms with Crippen molar-refractivity contribution in [3.63, 3.8) is 0 Å². The first kappa shape index (κ1) is 12.2. The highest BCUT2D eigenvalue weighted by atomic mass is 14.9. The lowest BCUT2D eigenvalue weighted by Gasteiger charge is -2.21. The zero-order chi connectivity index (χ0) is 11.3. The molecule has 0 aliphatic heterocycles. The molecule has 2 nitrogen and oxygen atoms in total. The van der Waals surface area contributed by atoms with Crippen LogP contribution in [0.1, 0.15) is 36.1 Å². The van der Waals surface area contributed by atoms with Gasteiger partial charge in [-0.1, -0.05) is 25.1 Å². The molecule has 1 rings (SSSR count). The maximum absolute atomic E-state index is 5.82. The average Bonchev–Trinajstić information content (AvgIpc) is 2.22. The summed E-state index contributed by atoms with van der Waals surface area (Å²) in [6.07, 6.45) is 1.14. The Morgan fingerprint density at radius 1 is 1.27 bits per heavy atom. The van der Waals surface area contributed by atoms with Gasteiger partial charge in [-0.05, 0) is 43.5 Å². The number of hydrogen-bond acceptors (Lipinski definition) is 2. The fraction of sp³-hybridized carbons (Fsp3) is 0.538. The van der Waals surface area contributed by atoms with Crippen molar-refractivity contribution in [2.75, 3.05) is 13.1 Å². The zero-order valence-corrected chi connectivity index (χ0v) is 10.0. The van der Waals surface area contributed by atoms with Crippen LogP contribution in [-0.2, 0) is 0 Å². The van der Waals surface area contributed by atoms with Crippen LogP contribution in [0.3, 0.4) is 0 Å². The van der Waals surface area contributed by atoms with Crippen LogP contribution in [0.25, 0.3) is 0 Å². The highest BCUT2D eigenvalue weighted by Gasteiger charge is 2.12. The summed E-state index contributed by atoms with van der Waals surface area (Å²) < 4.78 is 0. The molecule has 0 amide bonds. The van der Waals surface area contributed by atoms with Crippen molar-refractivity contribution in [1.82, 2.24) is 5.32 Å². The molecule has 0 saturated carbocycles. The number of nitrogens with two attached hydrogens (primary N) is 1. The van der Waals surface area contributed by atoms with Crippen molar-refractivity contribution in [2.45, 2.75) is 33.2 Å². The molecule has 3 N–H and O–H groups in total. The minimum atomic E-state index is 0.297. The van der Waals surface area contributed by atoms with Gasteiger partial charge in [0, 0.05) is 12.6 Å². The molecular weight excluding hydrogens is 184 g/mol. The van der Waals surface area contributed by atoms with E-state index in [0.717, 1.165) is 13.0 Å². The summed E-state index contributed by atoms with van der Waals surface area (Å²) in [6.45, 7) is 8.16. The van der Waals surface area contributed by atoms with Crippen LogP contribution in [0, 0.1) is 13.8 Å². The molecule has 1 atom stereocenters. The Hall–Kier alpha value is -0.860. The van der Waals surface area contributed by atoms with E-state index in [-0.39, 0.29) is 0 Å². The monoisotopic (exact) mass is 206 g/mol. The van der Waals surface area contributed by atoms with Crippen LogP contribution in [0.4, 0.5) is 0 Å². The molecule has 1 aromatic carbocycles. The van der Waals surface area contributed by atoms with Crippen molar-refractivity contribution >= 4 is 0 Å². The van der Waals surface area contributed by atoms with Crippen molar-refractivity contribution in [3.8, 4) is 0 Å². The van der Waals surface area contributed by atoms with Crippen molar-refractivity contribution in [3.05, 3.63) is 34.9 Å². The van der Waals surface area contributed by atoms with Crippen LogP contribution >= 0.6 is 0 Å². The number of benzene rings is 1. The average molecular weight is 206 g/mol. The molecule has 0 fully saturated rings. The van der Waals surface area contributed by atoms with Gasteiger partial charge in [0.05, 0.1) is 0 Å². The minimum absolute atomic E-state index is 0.297. The van der Waals surface area contributed by atoms with E-state index in [1.165, 1.54) is 16.7 Å². The summed E-state index contributed by atoms with van der Waals surface area (Å²) in [5.41, 5.74) is 9.85. The van der Waals surface area contributed by atoms with E-state index in [4.69, 9.17) is 5.73 Å². The third-order valence-corrected chi connectivity index (χ3v) is 2.77. The predicted octanol–water partition coefficient (Wildman–Crippen LogP) is 2.30. The van der Waals surface area contributed by atoms with E-state index in [9.17, 15) is 0 Å². The second-order valence-electron chi connectivity index (χ2n) is 4.05. The SMILES string of the molecule is CCCNC(CN)c1c(C)cccc1C. The number of nitrogens with one attached hydrogen (secondary N) is 1. The molecule has 2 heteroatoms. The normalized spacial score (nSPS) is 12.8. The van der Waals surface area contributed by atoms with Gasteiger partial charge in [-0.3, -0.25) is 0 Å². The molecule has 0 heterocycles. The van der Waals surface area contributed by atoms with Crippen LogP contribution in [0.5, 0.6) is 0 Å². The van der Waals surface area contributed by atoms with Crippen LogP contribution < -0.4 is 11.1 Å². The third-order valence-electron chi connectivity index (χ3n) is 2.77. The fourth-order valence-electron chi connectivity index (χ4n) is 2.00. The molecule has 84 valence electrons. The number of rotatable bonds is 5. The minimum Gasteiger partial charge on any atom is -0.329 e. The maximum Gasteiger partial charge on any atom is 0.0449 e. The maximum atomic E-state index is 5.82. The Labute approximate surface area is 92.9 Å². The second kappa shape index (κ2) is 5.89. The van der Waals surface area contributed by atoms with Gasteiger partial charge in [0.1, 0.15) is 0 Å². The smallest absolute Gasteiger partial charge is 0.0449 e. The molecule has 0 spiro atoms. The highest BCUT2D eigenvalue weighted by Crippen LogP contribution is 2.20. The molecule has 15 heavy (non-hydrogen) atoms. The Morgan fingerprint density at radius 3 is 2.33 bits per heavy atom. The first-order valence-electron chi connectivity index (χ1n) is 5.70. The lowest BCUT2D eigenvalue weighted by Crippen LogP contribution is -2.30. The molecular formula is C13H22N2. The lowest BCUT2D eigenvalue weighted by molar-refractivity contribution is 0.536. The van der Waals surface area contributed by atoms with Crippen LogP contribution in [-0.4, -0.2) is 13.1 Å². The Kier molecular flexibility index (Phi) is 4.79. The van der Waals surface area contributed by atoms with E-state index < -0.39 is 0 Å². The van der Waals surface area contributed by atoms with Gasteiger partial charge in [0.2, 0.25) is 0 Å². The van der Waals surface area contributed by atoms with Crippen molar-refractivity contribution in [2.24, 2.45) is 5.73 Å². The molecule has 0 bridgehead atoms. The van der Waals surface area contributed by atoms with Gasteiger partial charge in [-0.2, -0.15) is 0 Å². The van der Waals surface area contributed by atoms with Gasteiger partial charge in [0.15, 0.2) is 0 Å². The lowest BCUT2D eigenvalue weighted by atomic mass is 9.96. The third kappa shape index (κ3) is 3.05. The molecule has 0 aromatic heterocycles. The topological polar surface area (TPSA) is 38.0 Å². The molecule has 1 unspecified atom stereocenters. The summed E-state index contributed by atoms with van der Waals surface area (Å²) in [6, 6.07) is 6.70. The number of hydrogen-bond donors (Lipinski definition) is 2.